The zero-order valence-electron chi connectivity index (χ0n) is 19.4. The first-order valence-corrected chi connectivity index (χ1v) is 10.5. The number of nitrogens with one attached hydrogen (secondary N) is 1. The summed E-state index contributed by atoms with van der Waals surface area (Å²) in [6.45, 7) is 5.86. The number of carbonyl (C=O) groups is 3. The molecule has 3 amide bonds. The minimum Gasteiger partial charge on any atom is -0.491 e. The van der Waals surface area contributed by atoms with E-state index in [1.807, 2.05) is 6.92 Å². The van der Waals surface area contributed by atoms with E-state index in [2.05, 4.69) is 5.32 Å². The van der Waals surface area contributed by atoms with Crippen molar-refractivity contribution in [1.82, 2.24) is 9.80 Å². The average Bonchev–Trinajstić information content (AvgIpc) is 2.71. The van der Waals surface area contributed by atoms with Crippen LogP contribution in [0.3, 0.4) is 0 Å². The fourth-order valence-electron chi connectivity index (χ4n) is 3.68. The van der Waals surface area contributed by atoms with Crippen molar-refractivity contribution in [1.29, 1.82) is 0 Å². The number of halogens is 3. The smallest absolute Gasteiger partial charge is 0.397 e. The molecule has 0 aromatic heterocycles. The maximum atomic E-state index is 13.1. The highest BCUT2D eigenvalue weighted by atomic mass is 19.4. The molecular weight excluding hydrogens is 443 g/mol. The van der Waals surface area contributed by atoms with Crippen molar-refractivity contribution in [3.63, 3.8) is 0 Å². The number of rotatable bonds is 3. The van der Waals surface area contributed by atoms with Gasteiger partial charge in [0.2, 0.25) is 11.8 Å². The molecule has 3 atom stereocenters. The molecule has 1 aliphatic rings. The normalized spacial score (nSPS) is 22.5. The summed E-state index contributed by atoms with van der Waals surface area (Å²) in [7, 11) is 3.14. The summed E-state index contributed by atoms with van der Waals surface area (Å²) in [5.74, 6) is -1.73. The third-order valence-electron chi connectivity index (χ3n) is 5.50. The van der Waals surface area contributed by atoms with Crippen LogP contribution in [-0.4, -0.2) is 79.7 Å². The summed E-state index contributed by atoms with van der Waals surface area (Å²) < 4.78 is 48.9. The van der Waals surface area contributed by atoms with Crippen LogP contribution < -0.4 is 10.1 Å². The van der Waals surface area contributed by atoms with Crippen molar-refractivity contribution < 1.29 is 37.0 Å². The van der Waals surface area contributed by atoms with Gasteiger partial charge in [-0.05, 0) is 19.1 Å². The largest absolute Gasteiger partial charge is 0.491 e. The molecule has 33 heavy (non-hydrogen) atoms. The Morgan fingerprint density at radius 3 is 2.48 bits per heavy atom. The van der Waals surface area contributed by atoms with Crippen molar-refractivity contribution in [2.75, 3.05) is 39.2 Å². The molecule has 0 fully saturated rings. The summed E-state index contributed by atoms with van der Waals surface area (Å²) in [4.78, 5) is 40.1. The van der Waals surface area contributed by atoms with E-state index in [0.717, 1.165) is 0 Å². The van der Waals surface area contributed by atoms with Crippen molar-refractivity contribution in [3.05, 3.63) is 23.8 Å². The van der Waals surface area contributed by atoms with Crippen LogP contribution in [0.5, 0.6) is 5.75 Å². The van der Waals surface area contributed by atoms with Gasteiger partial charge in [0, 0.05) is 51.8 Å². The van der Waals surface area contributed by atoms with Crippen LogP contribution in [0.4, 0.5) is 18.9 Å². The Morgan fingerprint density at radius 1 is 1.24 bits per heavy atom. The Labute approximate surface area is 191 Å². The van der Waals surface area contributed by atoms with Gasteiger partial charge >= 0.3 is 6.18 Å². The Bertz CT molecular complexity index is 877. The minimum absolute atomic E-state index is 0.0356. The molecule has 1 aliphatic heterocycles. The third-order valence-corrected chi connectivity index (χ3v) is 5.50. The molecule has 0 bridgehead atoms. The lowest BCUT2D eigenvalue weighted by molar-refractivity contribution is -0.150. The predicted molar refractivity (Wildman–Crippen MR) is 115 cm³/mol. The first-order chi connectivity index (χ1) is 15.3. The number of anilines is 1. The number of hydrogen-bond acceptors (Lipinski definition) is 5. The molecule has 0 radical (unpaired) electrons. The molecule has 1 N–H and O–H groups in total. The molecular formula is C22H30F3N3O5. The fourth-order valence-corrected chi connectivity index (χ4v) is 3.68. The molecule has 0 spiro atoms. The van der Waals surface area contributed by atoms with Crippen LogP contribution in [0.1, 0.15) is 37.6 Å². The number of carbonyl (C=O) groups excluding carboxylic acids is 3. The van der Waals surface area contributed by atoms with Gasteiger partial charge in [-0.25, -0.2) is 0 Å². The lowest BCUT2D eigenvalue weighted by Crippen LogP contribution is -2.48. The lowest BCUT2D eigenvalue weighted by Gasteiger charge is -2.35. The van der Waals surface area contributed by atoms with Gasteiger partial charge in [0.15, 0.2) is 0 Å². The summed E-state index contributed by atoms with van der Waals surface area (Å²) in [5, 5.41) is 2.17. The van der Waals surface area contributed by atoms with Crippen molar-refractivity contribution in [3.8, 4) is 5.75 Å². The lowest BCUT2D eigenvalue weighted by atomic mass is 10.0. The van der Waals surface area contributed by atoms with Gasteiger partial charge in [-0.2, -0.15) is 13.2 Å². The highest BCUT2D eigenvalue weighted by Gasteiger charge is 2.32. The highest BCUT2D eigenvalue weighted by Crippen LogP contribution is 2.28. The van der Waals surface area contributed by atoms with Crippen LogP contribution in [0.15, 0.2) is 18.2 Å². The van der Waals surface area contributed by atoms with Crippen LogP contribution in [0.2, 0.25) is 0 Å². The molecule has 11 heteroatoms. The van der Waals surface area contributed by atoms with Crippen LogP contribution in [0, 0.1) is 5.92 Å². The topological polar surface area (TPSA) is 88.2 Å². The number of ether oxygens (including phenoxy) is 2. The number of amides is 3. The van der Waals surface area contributed by atoms with E-state index in [1.165, 1.54) is 30.0 Å². The van der Waals surface area contributed by atoms with E-state index >= 15 is 0 Å². The average molecular weight is 473 g/mol. The van der Waals surface area contributed by atoms with Gasteiger partial charge in [-0.15, -0.1) is 0 Å². The van der Waals surface area contributed by atoms with E-state index in [-0.39, 0.29) is 60.0 Å². The second kappa shape index (κ2) is 10.9. The van der Waals surface area contributed by atoms with Gasteiger partial charge in [0.05, 0.1) is 17.7 Å². The number of hydrogen-bond donors (Lipinski definition) is 1. The Hall–Kier alpha value is -2.82. The number of likely N-dealkylation sites (N-methyl/N-ethyl adjacent to an activating group) is 1. The van der Waals surface area contributed by atoms with Crippen molar-refractivity contribution >= 4 is 23.4 Å². The third kappa shape index (κ3) is 7.34. The molecule has 1 aromatic carbocycles. The van der Waals surface area contributed by atoms with Crippen LogP contribution in [-0.2, 0) is 14.3 Å². The highest BCUT2D eigenvalue weighted by molar-refractivity contribution is 5.98. The second-order valence-corrected chi connectivity index (χ2v) is 8.32. The zero-order valence-corrected chi connectivity index (χ0v) is 19.4. The fraction of sp³-hybridized carbons (Fsp3) is 0.591. The summed E-state index contributed by atoms with van der Waals surface area (Å²) in [5.41, 5.74) is 0.237. The van der Waals surface area contributed by atoms with E-state index in [9.17, 15) is 27.6 Å². The summed E-state index contributed by atoms with van der Waals surface area (Å²) in [6, 6.07) is 3.69. The number of alkyl halides is 3. The second-order valence-electron chi connectivity index (χ2n) is 8.32. The van der Waals surface area contributed by atoms with Crippen LogP contribution in [0.25, 0.3) is 0 Å². The van der Waals surface area contributed by atoms with E-state index in [1.54, 1.807) is 26.0 Å². The number of benzene rings is 1. The molecule has 1 aromatic rings. The van der Waals surface area contributed by atoms with E-state index < -0.39 is 18.5 Å². The Morgan fingerprint density at radius 2 is 1.91 bits per heavy atom. The first-order valence-electron chi connectivity index (χ1n) is 10.5. The maximum Gasteiger partial charge on any atom is 0.397 e. The Balaban J connectivity index is 2.40. The molecule has 0 saturated carbocycles. The number of fused-ring (bicyclic) bond motifs is 1. The van der Waals surface area contributed by atoms with E-state index in [4.69, 9.17) is 9.47 Å². The number of methoxy groups -OCH3 is 1. The van der Waals surface area contributed by atoms with Gasteiger partial charge in [0.1, 0.15) is 18.8 Å². The van der Waals surface area contributed by atoms with Gasteiger partial charge < -0.3 is 24.6 Å². The molecule has 0 saturated heterocycles. The summed E-state index contributed by atoms with van der Waals surface area (Å²) in [6.07, 6.45) is -6.61. The van der Waals surface area contributed by atoms with Gasteiger partial charge in [0.25, 0.3) is 5.91 Å². The van der Waals surface area contributed by atoms with Gasteiger partial charge in [-0.1, -0.05) is 6.92 Å². The molecule has 0 unspecified atom stereocenters. The van der Waals surface area contributed by atoms with Gasteiger partial charge in [-0.3, -0.25) is 14.4 Å². The number of nitrogens with zero attached hydrogens (tertiary/aromatic N) is 2. The first kappa shape index (κ1) is 26.4. The zero-order chi connectivity index (χ0) is 24.9. The standard InChI is InChI=1S/C22H30F3N3O5/c1-13-10-28(15(3)29)14(2)12-33-18-8-16(26-20(30)9-22(23,24)25)6-7-17(18)21(31)27(4)11-19(13)32-5/h6-8,13-14,19H,9-12H2,1-5H3,(H,26,30)/t13-,14-,19+/m0/s1. The Kier molecular flexibility index (Phi) is 8.70. The molecule has 2 rings (SSSR count). The molecule has 184 valence electrons. The molecule has 1 heterocycles. The van der Waals surface area contributed by atoms with E-state index in [0.29, 0.717) is 6.54 Å². The van der Waals surface area contributed by atoms with Crippen molar-refractivity contribution in [2.24, 2.45) is 5.92 Å². The molecule has 8 nitrogen and oxygen atoms in total. The van der Waals surface area contributed by atoms with Crippen molar-refractivity contribution in [2.45, 2.75) is 45.5 Å². The quantitative estimate of drug-likeness (QED) is 0.730. The maximum absolute atomic E-state index is 13.1. The van der Waals surface area contributed by atoms with Crippen LogP contribution >= 0.6 is 0 Å². The minimum atomic E-state index is -4.64. The monoisotopic (exact) mass is 473 g/mol. The summed E-state index contributed by atoms with van der Waals surface area (Å²) >= 11 is 0. The SMILES string of the molecule is CO[C@@H]1CN(C)C(=O)c2ccc(NC(=O)CC(F)(F)F)cc2OC[C@H](C)N(C(C)=O)C[C@@H]1C. The predicted octanol–water partition coefficient (Wildman–Crippen LogP) is 2.93. The molecule has 0 aliphatic carbocycles.